The van der Waals surface area contributed by atoms with Crippen molar-refractivity contribution in [3.05, 3.63) is 46.9 Å². The molecular formula is C20H24N2O4S. The van der Waals surface area contributed by atoms with Crippen LogP contribution >= 0.6 is 11.8 Å². The molecule has 1 aromatic rings. The summed E-state index contributed by atoms with van der Waals surface area (Å²) in [6.45, 7) is 4.81. The summed E-state index contributed by atoms with van der Waals surface area (Å²) in [6.07, 6.45) is 5.15. The van der Waals surface area contributed by atoms with Crippen LogP contribution in [0.2, 0.25) is 0 Å². The summed E-state index contributed by atoms with van der Waals surface area (Å²) < 4.78 is 5.17. The number of benzene rings is 1. The van der Waals surface area contributed by atoms with Crippen LogP contribution in [0.1, 0.15) is 26.3 Å². The number of nitrogens with zero attached hydrogens (tertiary/aromatic N) is 2. The number of ether oxygens (including phenoxy) is 1. The number of carbonyl (C=O) groups is 3. The van der Waals surface area contributed by atoms with E-state index < -0.39 is 22.7 Å². The normalized spacial score (nSPS) is 16.5. The molecule has 0 atom stereocenters. The smallest absolute Gasteiger partial charge is 0.326 e. The first kappa shape index (κ1) is 20.8. The van der Waals surface area contributed by atoms with Crippen LogP contribution in [0.25, 0.3) is 6.08 Å². The van der Waals surface area contributed by atoms with Gasteiger partial charge in [-0.2, -0.15) is 0 Å². The van der Waals surface area contributed by atoms with E-state index in [1.807, 2.05) is 49.3 Å². The molecule has 1 heterocycles. The van der Waals surface area contributed by atoms with Crippen molar-refractivity contribution in [1.29, 1.82) is 0 Å². The van der Waals surface area contributed by atoms with Gasteiger partial charge in [0.05, 0.1) is 4.91 Å². The molecule has 0 N–H and O–H groups in total. The molecule has 27 heavy (non-hydrogen) atoms. The molecule has 0 spiro atoms. The molecular weight excluding hydrogens is 364 g/mol. The topological polar surface area (TPSA) is 66.9 Å². The van der Waals surface area contributed by atoms with Crippen LogP contribution in [-0.2, 0) is 14.3 Å². The van der Waals surface area contributed by atoms with Gasteiger partial charge in [0.1, 0.15) is 12.1 Å². The summed E-state index contributed by atoms with van der Waals surface area (Å²) in [5, 5.41) is -0.471. The fourth-order valence-electron chi connectivity index (χ4n) is 2.28. The summed E-state index contributed by atoms with van der Waals surface area (Å²) in [5.74, 6) is -1.09. The highest BCUT2D eigenvalue weighted by atomic mass is 32.2. The fourth-order valence-corrected chi connectivity index (χ4v) is 3.07. The lowest BCUT2D eigenvalue weighted by Gasteiger charge is -2.21. The van der Waals surface area contributed by atoms with E-state index in [1.54, 1.807) is 32.9 Å². The van der Waals surface area contributed by atoms with Crippen molar-refractivity contribution in [3.63, 3.8) is 0 Å². The maximum atomic E-state index is 12.3. The van der Waals surface area contributed by atoms with Gasteiger partial charge in [0.2, 0.25) is 0 Å². The van der Waals surface area contributed by atoms with Gasteiger partial charge in [-0.3, -0.25) is 19.3 Å². The number of anilines is 1. The van der Waals surface area contributed by atoms with E-state index >= 15 is 0 Å². The largest absolute Gasteiger partial charge is 0.459 e. The van der Waals surface area contributed by atoms with Gasteiger partial charge in [0, 0.05) is 19.8 Å². The number of hydrogen-bond acceptors (Lipinski definition) is 6. The third-order valence-corrected chi connectivity index (χ3v) is 4.45. The molecule has 7 heteroatoms. The second-order valence-electron chi connectivity index (χ2n) is 7.22. The van der Waals surface area contributed by atoms with Crippen molar-refractivity contribution < 1.29 is 19.1 Å². The van der Waals surface area contributed by atoms with E-state index in [0.717, 1.165) is 27.9 Å². The van der Waals surface area contributed by atoms with Gasteiger partial charge in [-0.15, -0.1) is 0 Å². The molecule has 0 saturated carbocycles. The number of rotatable bonds is 5. The zero-order chi connectivity index (χ0) is 20.2. The summed E-state index contributed by atoms with van der Waals surface area (Å²) in [6, 6.07) is 7.92. The van der Waals surface area contributed by atoms with E-state index in [1.165, 1.54) is 0 Å². The molecule has 0 unspecified atom stereocenters. The van der Waals surface area contributed by atoms with E-state index in [9.17, 15) is 14.4 Å². The van der Waals surface area contributed by atoms with Crippen LogP contribution in [0, 0.1) is 0 Å². The predicted molar refractivity (Wildman–Crippen MR) is 108 cm³/mol. The number of hydrogen-bond donors (Lipinski definition) is 0. The highest BCUT2D eigenvalue weighted by Gasteiger charge is 2.36. The molecule has 1 aliphatic heterocycles. The molecule has 2 rings (SSSR count). The Morgan fingerprint density at radius 1 is 1.19 bits per heavy atom. The Morgan fingerprint density at radius 3 is 2.37 bits per heavy atom. The molecule has 6 nitrogen and oxygen atoms in total. The number of allylic oxidation sites excluding steroid dienone is 2. The SMILES string of the molecule is CN(C)c1ccc(/C=C/C=C2\SC(=O)N(CC(=O)OC(C)(C)C)C2=O)cc1. The van der Waals surface area contributed by atoms with E-state index in [4.69, 9.17) is 4.74 Å². The summed E-state index contributed by atoms with van der Waals surface area (Å²) in [7, 11) is 3.94. The van der Waals surface area contributed by atoms with Gasteiger partial charge in [-0.25, -0.2) is 0 Å². The Labute approximate surface area is 163 Å². The molecule has 0 aliphatic carbocycles. The quantitative estimate of drug-likeness (QED) is 0.566. The molecule has 2 amide bonds. The van der Waals surface area contributed by atoms with Crippen LogP contribution in [0.3, 0.4) is 0 Å². The van der Waals surface area contributed by atoms with Gasteiger partial charge in [0.15, 0.2) is 0 Å². The molecule has 1 fully saturated rings. The van der Waals surface area contributed by atoms with Crippen LogP contribution in [0.15, 0.2) is 41.3 Å². The fraction of sp³-hybridized carbons (Fsp3) is 0.350. The number of esters is 1. The summed E-state index contributed by atoms with van der Waals surface area (Å²) in [5.41, 5.74) is 1.40. The highest BCUT2D eigenvalue weighted by Crippen LogP contribution is 2.30. The average molecular weight is 388 g/mol. The summed E-state index contributed by atoms with van der Waals surface area (Å²) in [4.78, 5) is 39.4. The number of carbonyl (C=O) groups excluding carboxylic acids is 3. The maximum absolute atomic E-state index is 12.3. The summed E-state index contributed by atoms with van der Waals surface area (Å²) >= 11 is 0.816. The van der Waals surface area contributed by atoms with E-state index in [0.29, 0.717) is 0 Å². The Bertz CT molecular complexity index is 789. The third kappa shape index (κ3) is 5.99. The first-order chi connectivity index (χ1) is 12.6. The predicted octanol–water partition coefficient (Wildman–Crippen LogP) is 3.69. The lowest BCUT2D eigenvalue weighted by atomic mass is 10.2. The molecule has 0 aromatic heterocycles. The van der Waals surface area contributed by atoms with Crippen molar-refractivity contribution in [1.82, 2.24) is 4.90 Å². The third-order valence-electron chi connectivity index (χ3n) is 3.53. The molecule has 1 saturated heterocycles. The van der Waals surface area contributed by atoms with Crippen molar-refractivity contribution in [2.75, 3.05) is 25.5 Å². The molecule has 0 radical (unpaired) electrons. The molecule has 1 aliphatic rings. The minimum atomic E-state index is -0.667. The van der Waals surface area contributed by atoms with Crippen molar-refractivity contribution in [2.24, 2.45) is 0 Å². The molecule has 1 aromatic carbocycles. The molecule has 144 valence electrons. The van der Waals surface area contributed by atoms with Crippen LogP contribution < -0.4 is 4.90 Å². The van der Waals surface area contributed by atoms with Gasteiger partial charge in [-0.05, 0) is 56.3 Å². The van der Waals surface area contributed by atoms with Crippen molar-refractivity contribution in [2.45, 2.75) is 26.4 Å². The first-order valence-electron chi connectivity index (χ1n) is 8.48. The maximum Gasteiger partial charge on any atom is 0.326 e. The minimum Gasteiger partial charge on any atom is -0.459 e. The zero-order valence-corrected chi connectivity index (χ0v) is 17.0. The average Bonchev–Trinajstić information content (AvgIpc) is 2.81. The minimum absolute atomic E-state index is 0.282. The van der Waals surface area contributed by atoms with Gasteiger partial charge < -0.3 is 9.64 Å². The second-order valence-corrected chi connectivity index (χ2v) is 8.21. The van der Waals surface area contributed by atoms with Gasteiger partial charge in [0.25, 0.3) is 11.1 Å². The Hall–Kier alpha value is -2.54. The molecule has 0 bridgehead atoms. The van der Waals surface area contributed by atoms with Crippen molar-refractivity contribution in [3.8, 4) is 0 Å². The lowest BCUT2D eigenvalue weighted by molar-refractivity contribution is -0.156. The zero-order valence-electron chi connectivity index (χ0n) is 16.2. The lowest BCUT2D eigenvalue weighted by Crippen LogP contribution is -2.37. The standard InChI is InChI=1S/C20H24N2O4S/c1-20(2,3)26-17(23)13-22-18(24)16(27-19(22)25)8-6-7-14-9-11-15(12-10-14)21(4)5/h6-12H,13H2,1-5H3/b7-6+,16-8-. The Balaban J connectivity index is 2.01. The van der Waals surface area contributed by atoms with Crippen LogP contribution in [0.5, 0.6) is 0 Å². The number of amides is 2. The van der Waals surface area contributed by atoms with Crippen molar-refractivity contribution >= 4 is 40.6 Å². The number of imide groups is 1. The van der Waals surface area contributed by atoms with E-state index in [-0.39, 0.29) is 11.4 Å². The number of thioether (sulfide) groups is 1. The first-order valence-corrected chi connectivity index (χ1v) is 9.30. The Morgan fingerprint density at radius 2 is 1.81 bits per heavy atom. The Kier molecular flexibility index (Phi) is 6.49. The van der Waals surface area contributed by atoms with Gasteiger partial charge >= 0.3 is 5.97 Å². The van der Waals surface area contributed by atoms with Crippen LogP contribution in [0.4, 0.5) is 10.5 Å². The highest BCUT2D eigenvalue weighted by molar-refractivity contribution is 8.18. The monoisotopic (exact) mass is 388 g/mol. The van der Waals surface area contributed by atoms with Gasteiger partial charge in [-0.1, -0.05) is 24.3 Å². The second kappa shape index (κ2) is 8.43. The van der Waals surface area contributed by atoms with E-state index in [2.05, 4.69) is 0 Å². The van der Waals surface area contributed by atoms with Crippen LogP contribution in [-0.4, -0.2) is 48.3 Å².